The van der Waals surface area contributed by atoms with Crippen LogP contribution in [-0.4, -0.2) is 38.5 Å². The van der Waals surface area contributed by atoms with E-state index in [4.69, 9.17) is 4.42 Å². The monoisotopic (exact) mass is 340 g/mol. The van der Waals surface area contributed by atoms with Crippen LogP contribution >= 0.6 is 0 Å². The fourth-order valence-electron chi connectivity index (χ4n) is 2.51. The molecule has 3 aromatic heterocycles. The second kappa shape index (κ2) is 7.16. The second-order valence-electron chi connectivity index (χ2n) is 5.62. The number of hydrogen-bond acceptors (Lipinski definition) is 6. The molecule has 0 spiro atoms. The Bertz CT molecular complexity index is 883. The Hall–Kier alpha value is -3.16. The van der Waals surface area contributed by atoms with Gasteiger partial charge < -0.3 is 15.1 Å². The highest BCUT2D eigenvalue weighted by atomic mass is 16.3. The van der Waals surface area contributed by atoms with Crippen LogP contribution in [-0.2, 0) is 0 Å². The zero-order chi connectivity index (χ0) is 17.8. The zero-order valence-corrected chi connectivity index (χ0v) is 14.4. The van der Waals surface area contributed by atoms with Gasteiger partial charge in [-0.2, -0.15) is 0 Å². The summed E-state index contributed by atoms with van der Waals surface area (Å²) in [7, 11) is 0. The number of imidazole rings is 1. The predicted molar refractivity (Wildman–Crippen MR) is 92.9 cm³/mol. The van der Waals surface area contributed by atoms with E-state index in [0.29, 0.717) is 30.2 Å². The Kier molecular flexibility index (Phi) is 4.78. The van der Waals surface area contributed by atoms with Crippen molar-refractivity contribution in [3.8, 4) is 5.82 Å². The summed E-state index contributed by atoms with van der Waals surface area (Å²) in [5.74, 6) is 3.48. The summed E-state index contributed by atoms with van der Waals surface area (Å²) in [4.78, 5) is 24.7. The van der Waals surface area contributed by atoms with Gasteiger partial charge in [0.05, 0.1) is 5.56 Å². The third-order valence-electron chi connectivity index (χ3n) is 3.73. The maximum atomic E-state index is 12.1. The number of hydrogen-bond donors (Lipinski definition) is 2. The van der Waals surface area contributed by atoms with Crippen LogP contribution in [0.1, 0.15) is 27.7 Å². The van der Waals surface area contributed by atoms with E-state index in [1.54, 1.807) is 19.2 Å². The first-order valence-corrected chi connectivity index (χ1v) is 7.96. The summed E-state index contributed by atoms with van der Waals surface area (Å²) in [5, 5.41) is 6.02. The molecular formula is C17H20N6O2. The van der Waals surface area contributed by atoms with Gasteiger partial charge >= 0.3 is 0 Å². The molecule has 0 saturated heterocycles. The van der Waals surface area contributed by atoms with Crippen LogP contribution in [0.5, 0.6) is 0 Å². The normalized spacial score (nSPS) is 10.7. The van der Waals surface area contributed by atoms with Crippen LogP contribution in [0.3, 0.4) is 0 Å². The maximum absolute atomic E-state index is 12.1. The molecular weight excluding hydrogens is 320 g/mol. The molecule has 25 heavy (non-hydrogen) atoms. The molecule has 3 rings (SSSR count). The van der Waals surface area contributed by atoms with E-state index in [2.05, 4.69) is 25.6 Å². The second-order valence-corrected chi connectivity index (χ2v) is 5.62. The van der Waals surface area contributed by atoms with E-state index in [1.165, 1.54) is 6.33 Å². The van der Waals surface area contributed by atoms with Gasteiger partial charge in [-0.15, -0.1) is 0 Å². The standard InChI is InChI=1S/C17H20N6O2/c1-11-8-14(12(2)25-11)17(24)20-5-4-19-15-9-16(22-10-21-15)23-7-6-18-13(23)3/h6-10H,4-5H2,1-3H3,(H,20,24)(H,19,21,22). The molecule has 3 heterocycles. The maximum Gasteiger partial charge on any atom is 0.254 e. The molecule has 0 aliphatic rings. The van der Waals surface area contributed by atoms with Crippen LogP contribution in [0.25, 0.3) is 5.82 Å². The van der Waals surface area contributed by atoms with Crippen molar-refractivity contribution in [2.24, 2.45) is 0 Å². The third kappa shape index (κ3) is 3.85. The van der Waals surface area contributed by atoms with Crippen LogP contribution in [0.4, 0.5) is 5.82 Å². The zero-order valence-electron chi connectivity index (χ0n) is 14.4. The minimum absolute atomic E-state index is 0.145. The van der Waals surface area contributed by atoms with Gasteiger partial charge in [0.15, 0.2) is 0 Å². The number of anilines is 1. The fourth-order valence-corrected chi connectivity index (χ4v) is 2.51. The molecule has 0 bridgehead atoms. The van der Waals surface area contributed by atoms with Crippen molar-refractivity contribution in [1.82, 2.24) is 24.8 Å². The summed E-state index contributed by atoms with van der Waals surface area (Å²) in [6, 6.07) is 3.57. The van der Waals surface area contributed by atoms with Gasteiger partial charge in [-0.1, -0.05) is 0 Å². The highest BCUT2D eigenvalue weighted by Crippen LogP contribution is 2.13. The lowest BCUT2D eigenvalue weighted by molar-refractivity contribution is 0.0953. The number of rotatable bonds is 6. The molecule has 0 fully saturated rings. The number of nitrogens with zero attached hydrogens (tertiary/aromatic N) is 4. The van der Waals surface area contributed by atoms with Crippen molar-refractivity contribution >= 4 is 11.7 Å². The van der Waals surface area contributed by atoms with E-state index in [-0.39, 0.29) is 5.91 Å². The molecule has 0 saturated carbocycles. The molecule has 3 aromatic rings. The van der Waals surface area contributed by atoms with Crippen molar-refractivity contribution < 1.29 is 9.21 Å². The Labute approximate surface area is 145 Å². The lowest BCUT2D eigenvalue weighted by Gasteiger charge is -2.09. The topological polar surface area (TPSA) is 97.9 Å². The van der Waals surface area contributed by atoms with E-state index in [0.717, 1.165) is 17.4 Å². The highest BCUT2D eigenvalue weighted by molar-refractivity contribution is 5.95. The molecule has 0 atom stereocenters. The van der Waals surface area contributed by atoms with E-state index in [1.807, 2.05) is 30.7 Å². The lowest BCUT2D eigenvalue weighted by atomic mass is 10.2. The summed E-state index contributed by atoms with van der Waals surface area (Å²) < 4.78 is 7.24. The average molecular weight is 340 g/mol. The molecule has 8 nitrogen and oxygen atoms in total. The van der Waals surface area contributed by atoms with Gasteiger partial charge in [0.1, 0.15) is 35.3 Å². The summed E-state index contributed by atoms with van der Waals surface area (Å²) >= 11 is 0. The van der Waals surface area contributed by atoms with Gasteiger partial charge in [0, 0.05) is 31.5 Å². The minimum Gasteiger partial charge on any atom is -0.466 e. The molecule has 2 N–H and O–H groups in total. The number of carbonyl (C=O) groups excluding carboxylic acids is 1. The fraction of sp³-hybridized carbons (Fsp3) is 0.294. The van der Waals surface area contributed by atoms with Crippen LogP contribution < -0.4 is 10.6 Å². The Morgan fingerprint density at radius 1 is 1.16 bits per heavy atom. The Morgan fingerprint density at radius 3 is 2.68 bits per heavy atom. The number of furan rings is 1. The molecule has 0 aromatic carbocycles. The van der Waals surface area contributed by atoms with Gasteiger partial charge in [-0.05, 0) is 26.8 Å². The molecule has 1 amide bonds. The number of amides is 1. The molecule has 8 heteroatoms. The first kappa shape index (κ1) is 16.7. The van der Waals surface area contributed by atoms with Crippen molar-refractivity contribution in [1.29, 1.82) is 0 Å². The van der Waals surface area contributed by atoms with E-state index >= 15 is 0 Å². The Morgan fingerprint density at radius 2 is 2.00 bits per heavy atom. The third-order valence-corrected chi connectivity index (χ3v) is 3.73. The van der Waals surface area contributed by atoms with Crippen LogP contribution in [0, 0.1) is 20.8 Å². The summed E-state index contributed by atoms with van der Waals surface area (Å²) in [6.07, 6.45) is 5.06. The molecule has 0 unspecified atom stereocenters. The first-order chi connectivity index (χ1) is 12.0. The molecule has 0 aliphatic carbocycles. The van der Waals surface area contributed by atoms with Crippen molar-refractivity contribution in [2.75, 3.05) is 18.4 Å². The van der Waals surface area contributed by atoms with Gasteiger partial charge in [-0.25, -0.2) is 15.0 Å². The Balaban J connectivity index is 1.53. The average Bonchev–Trinajstić information content (AvgIpc) is 3.16. The van der Waals surface area contributed by atoms with E-state index in [9.17, 15) is 4.79 Å². The van der Waals surface area contributed by atoms with Crippen molar-refractivity contribution in [3.05, 3.63) is 53.8 Å². The smallest absolute Gasteiger partial charge is 0.254 e. The molecule has 0 aliphatic heterocycles. The largest absolute Gasteiger partial charge is 0.466 e. The first-order valence-electron chi connectivity index (χ1n) is 7.96. The number of nitrogens with one attached hydrogen (secondary N) is 2. The van der Waals surface area contributed by atoms with Crippen molar-refractivity contribution in [2.45, 2.75) is 20.8 Å². The molecule has 130 valence electrons. The van der Waals surface area contributed by atoms with Crippen LogP contribution in [0.15, 0.2) is 35.3 Å². The number of aryl methyl sites for hydroxylation is 3. The highest BCUT2D eigenvalue weighted by Gasteiger charge is 2.12. The van der Waals surface area contributed by atoms with E-state index < -0.39 is 0 Å². The number of carbonyl (C=O) groups is 1. The summed E-state index contributed by atoms with van der Waals surface area (Å²) in [6.45, 7) is 6.51. The van der Waals surface area contributed by atoms with Crippen molar-refractivity contribution in [3.63, 3.8) is 0 Å². The minimum atomic E-state index is -0.145. The van der Waals surface area contributed by atoms with Crippen LogP contribution in [0.2, 0.25) is 0 Å². The quantitative estimate of drug-likeness (QED) is 0.666. The molecule has 0 radical (unpaired) electrons. The lowest BCUT2D eigenvalue weighted by Crippen LogP contribution is -2.29. The SMILES string of the molecule is Cc1cc(C(=O)NCCNc2cc(-n3ccnc3C)ncn2)c(C)o1. The predicted octanol–water partition coefficient (Wildman–Crippen LogP) is 2.02. The number of aromatic nitrogens is 4. The van der Waals surface area contributed by atoms with Gasteiger partial charge in [-0.3, -0.25) is 9.36 Å². The summed E-state index contributed by atoms with van der Waals surface area (Å²) in [5.41, 5.74) is 0.567. The van der Waals surface area contributed by atoms with Gasteiger partial charge in [0.2, 0.25) is 0 Å². The van der Waals surface area contributed by atoms with Gasteiger partial charge in [0.25, 0.3) is 5.91 Å².